The Kier molecular flexibility index (Phi) is 4.70. The number of ether oxygens (including phenoxy) is 1. The molecule has 0 aliphatic carbocycles. The molecule has 1 aromatic carbocycles. The van der Waals surface area contributed by atoms with Crippen molar-refractivity contribution >= 4 is 5.91 Å². The fraction of sp³-hybridized carbons (Fsp3) is 0.286. The zero-order valence-electron chi connectivity index (χ0n) is 11.1. The van der Waals surface area contributed by atoms with Crippen molar-refractivity contribution in [3.63, 3.8) is 0 Å². The summed E-state index contributed by atoms with van der Waals surface area (Å²) < 4.78 is 18.3. The van der Waals surface area contributed by atoms with Crippen molar-refractivity contribution in [1.29, 1.82) is 0 Å². The molecule has 0 spiro atoms. The number of amides is 1. The van der Waals surface area contributed by atoms with Gasteiger partial charge in [0.15, 0.2) is 11.6 Å². The summed E-state index contributed by atoms with van der Waals surface area (Å²) in [5, 5.41) is 2.76. The highest BCUT2D eigenvalue weighted by molar-refractivity contribution is 5.78. The summed E-state index contributed by atoms with van der Waals surface area (Å²) >= 11 is 0. The summed E-state index contributed by atoms with van der Waals surface area (Å²) in [6.07, 6.45) is 4.17. The van der Waals surface area contributed by atoms with Crippen molar-refractivity contribution < 1.29 is 13.9 Å². The predicted octanol–water partition coefficient (Wildman–Crippen LogP) is 1.46. The van der Waals surface area contributed by atoms with Crippen molar-refractivity contribution in [2.45, 2.75) is 12.8 Å². The van der Waals surface area contributed by atoms with E-state index in [0.717, 1.165) is 5.82 Å². The maximum Gasteiger partial charge on any atom is 0.224 e. The van der Waals surface area contributed by atoms with Gasteiger partial charge in [0, 0.05) is 25.4 Å². The lowest BCUT2D eigenvalue weighted by Gasteiger charge is -2.06. The zero-order valence-corrected chi connectivity index (χ0v) is 11.1. The Balaban J connectivity index is 1.80. The normalized spacial score (nSPS) is 10.3. The second-order valence-electron chi connectivity index (χ2n) is 4.28. The monoisotopic (exact) mass is 277 g/mol. The minimum atomic E-state index is -0.464. The van der Waals surface area contributed by atoms with E-state index in [1.165, 1.54) is 19.2 Å². The summed E-state index contributed by atoms with van der Waals surface area (Å²) in [6, 6.07) is 4.50. The van der Waals surface area contributed by atoms with Gasteiger partial charge in [0.25, 0.3) is 0 Å². The van der Waals surface area contributed by atoms with E-state index in [9.17, 15) is 9.18 Å². The molecule has 0 aliphatic rings. The van der Waals surface area contributed by atoms with Crippen molar-refractivity contribution in [3.8, 4) is 5.75 Å². The second kappa shape index (κ2) is 6.70. The number of carbonyl (C=O) groups is 1. The van der Waals surface area contributed by atoms with Crippen molar-refractivity contribution in [1.82, 2.24) is 15.3 Å². The van der Waals surface area contributed by atoms with Crippen LogP contribution in [0.3, 0.4) is 0 Å². The number of imidazole rings is 1. The third kappa shape index (κ3) is 3.81. The molecule has 0 fully saturated rings. The molecule has 1 amide bonds. The number of H-pyrrole nitrogens is 1. The number of carbonyl (C=O) groups excluding carboxylic acids is 1. The number of aromatic nitrogens is 2. The van der Waals surface area contributed by atoms with Crippen LogP contribution in [0.15, 0.2) is 30.6 Å². The molecular formula is C14H16FN3O2. The van der Waals surface area contributed by atoms with Crippen LogP contribution in [0.5, 0.6) is 5.75 Å². The minimum absolute atomic E-state index is 0.138. The molecule has 106 valence electrons. The van der Waals surface area contributed by atoms with Gasteiger partial charge >= 0.3 is 0 Å². The highest BCUT2D eigenvalue weighted by Crippen LogP contribution is 2.17. The predicted molar refractivity (Wildman–Crippen MR) is 72.0 cm³/mol. The summed E-state index contributed by atoms with van der Waals surface area (Å²) in [4.78, 5) is 18.7. The summed E-state index contributed by atoms with van der Waals surface area (Å²) in [5.74, 6) is 0.377. The lowest BCUT2D eigenvalue weighted by Crippen LogP contribution is -2.27. The fourth-order valence-electron chi connectivity index (χ4n) is 1.82. The number of aromatic amines is 1. The lowest BCUT2D eigenvalue weighted by molar-refractivity contribution is -0.120. The van der Waals surface area contributed by atoms with Gasteiger partial charge in [-0.25, -0.2) is 9.37 Å². The Labute approximate surface area is 116 Å². The Morgan fingerprint density at radius 2 is 2.35 bits per heavy atom. The smallest absolute Gasteiger partial charge is 0.224 e. The molecule has 0 saturated carbocycles. The second-order valence-corrected chi connectivity index (χ2v) is 4.28. The topological polar surface area (TPSA) is 67.0 Å². The largest absolute Gasteiger partial charge is 0.494 e. The molecule has 0 atom stereocenters. The van der Waals surface area contributed by atoms with E-state index in [2.05, 4.69) is 15.3 Å². The average Bonchev–Trinajstić information content (AvgIpc) is 2.92. The van der Waals surface area contributed by atoms with E-state index in [4.69, 9.17) is 4.74 Å². The molecule has 2 aromatic rings. The van der Waals surface area contributed by atoms with Crippen LogP contribution in [0.1, 0.15) is 11.4 Å². The molecule has 1 heterocycles. The third-order valence-corrected chi connectivity index (χ3v) is 2.82. The fourth-order valence-corrected chi connectivity index (χ4v) is 1.82. The first-order chi connectivity index (χ1) is 9.69. The summed E-state index contributed by atoms with van der Waals surface area (Å²) in [5.41, 5.74) is 0.610. The molecule has 6 heteroatoms. The van der Waals surface area contributed by atoms with E-state index in [1.807, 2.05) is 0 Å². The first-order valence-corrected chi connectivity index (χ1v) is 6.26. The van der Waals surface area contributed by atoms with E-state index in [0.29, 0.717) is 18.5 Å². The summed E-state index contributed by atoms with van der Waals surface area (Å²) in [6.45, 7) is 0.491. The molecule has 0 aliphatic heterocycles. The standard InChI is InChI=1S/C14H16FN3O2/c1-20-12-3-2-10(8-11(12)15)9-14(19)18-5-4-13-16-6-7-17-13/h2-3,6-8H,4-5,9H2,1H3,(H,16,17)(H,18,19). The van der Waals surface area contributed by atoms with E-state index >= 15 is 0 Å². The van der Waals surface area contributed by atoms with Crippen LogP contribution >= 0.6 is 0 Å². The number of benzene rings is 1. The average molecular weight is 277 g/mol. The number of rotatable bonds is 6. The van der Waals surface area contributed by atoms with Gasteiger partial charge in [-0.15, -0.1) is 0 Å². The molecule has 20 heavy (non-hydrogen) atoms. The van der Waals surface area contributed by atoms with Gasteiger partial charge in [0.1, 0.15) is 5.82 Å². The number of hydrogen-bond acceptors (Lipinski definition) is 3. The molecule has 1 aromatic heterocycles. The highest BCUT2D eigenvalue weighted by Gasteiger charge is 2.07. The Morgan fingerprint density at radius 1 is 1.50 bits per heavy atom. The van der Waals surface area contributed by atoms with Gasteiger partial charge in [-0.05, 0) is 17.7 Å². The van der Waals surface area contributed by atoms with Crippen molar-refractivity contribution in [2.24, 2.45) is 0 Å². The third-order valence-electron chi connectivity index (χ3n) is 2.82. The molecule has 5 nitrogen and oxygen atoms in total. The van der Waals surface area contributed by atoms with E-state index in [-0.39, 0.29) is 18.1 Å². The molecule has 2 rings (SSSR count). The molecule has 0 bridgehead atoms. The van der Waals surface area contributed by atoms with Crippen LogP contribution < -0.4 is 10.1 Å². The number of halogens is 1. The van der Waals surface area contributed by atoms with Gasteiger partial charge in [-0.2, -0.15) is 0 Å². The Bertz CT molecular complexity index is 570. The van der Waals surface area contributed by atoms with Gasteiger partial charge < -0.3 is 15.0 Å². The molecule has 0 radical (unpaired) electrons. The summed E-state index contributed by atoms with van der Waals surface area (Å²) in [7, 11) is 1.40. The number of nitrogens with one attached hydrogen (secondary N) is 2. The van der Waals surface area contributed by atoms with Crippen LogP contribution in [0.2, 0.25) is 0 Å². The highest BCUT2D eigenvalue weighted by atomic mass is 19.1. The van der Waals surface area contributed by atoms with Crippen LogP contribution in [0.4, 0.5) is 4.39 Å². The number of hydrogen-bond donors (Lipinski definition) is 2. The first kappa shape index (κ1) is 14.0. The van der Waals surface area contributed by atoms with Crippen molar-refractivity contribution in [2.75, 3.05) is 13.7 Å². The van der Waals surface area contributed by atoms with Gasteiger partial charge in [-0.1, -0.05) is 6.07 Å². The van der Waals surface area contributed by atoms with E-state index < -0.39 is 5.82 Å². The SMILES string of the molecule is COc1ccc(CC(=O)NCCc2ncc[nH]2)cc1F. The molecular weight excluding hydrogens is 261 g/mol. The van der Waals surface area contributed by atoms with Crippen LogP contribution in [-0.2, 0) is 17.6 Å². The number of methoxy groups -OCH3 is 1. The van der Waals surface area contributed by atoms with Crippen LogP contribution in [0.25, 0.3) is 0 Å². The number of nitrogens with zero attached hydrogens (tertiary/aromatic N) is 1. The van der Waals surface area contributed by atoms with Crippen LogP contribution in [-0.4, -0.2) is 29.5 Å². The Morgan fingerprint density at radius 3 is 3.00 bits per heavy atom. The maximum absolute atomic E-state index is 13.5. The first-order valence-electron chi connectivity index (χ1n) is 6.26. The molecule has 2 N–H and O–H groups in total. The maximum atomic E-state index is 13.5. The molecule has 0 unspecified atom stereocenters. The van der Waals surface area contributed by atoms with E-state index in [1.54, 1.807) is 18.5 Å². The molecule has 0 saturated heterocycles. The van der Waals surface area contributed by atoms with Crippen LogP contribution in [0, 0.1) is 5.82 Å². The lowest BCUT2D eigenvalue weighted by atomic mass is 10.1. The zero-order chi connectivity index (χ0) is 14.4. The minimum Gasteiger partial charge on any atom is -0.494 e. The van der Waals surface area contributed by atoms with Gasteiger partial charge in [0.2, 0.25) is 5.91 Å². The van der Waals surface area contributed by atoms with Crippen molar-refractivity contribution in [3.05, 3.63) is 47.8 Å². The van der Waals surface area contributed by atoms with Gasteiger partial charge in [0.05, 0.1) is 13.5 Å². The van der Waals surface area contributed by atoms with Gasteiger partial charge in [-0.3, -0.25) is 4.79 Å². The quantitative estimate of drug-likeness (QED) is 0.840. The Hall–Kier alpha value is -2.37.